The lowest BCUT2D eigenvalue weighted by molar-refractivity contribution is -0.134. The Morgan fingerprint density at radius 1 is 0.909 bits per heavy atom. The topological polar surface area (TPSA) is 49.9 Å². The summed E-state index contributed by atoms with van der Waals surface area (Å²) in [7, 11) is 1.67. The van der Waals surface area contributed by atoms with E-state index in [2.05, 4.69) is 12.1 Å². The number of carbonyl (C=O) groups is 2. The zero-order valence-corrected chi connectivity index (χ0v) is 19.2. The standard InChI is InChI=1S/C28H30N2O3/c1-3-29-17-18-30(27(31)21-11-5-4-6-12-21)20-23(28(29)32)19-22-13-7-8-14-24(22)25-15-9-10-16-26(25)33-2/h4-16,23H,3,17-20H2,1-2H3/t23-/m1/s1. The van der Waals surface area contributed by atoms with E-state index in [1.807, 2.05) is 83.5 Å². The Morgan fingerprint density at radius 2 is 1.58 bits per heavy atom. The van der Waals surface area contributed by atoms with Crippen LogP contribution in [0.2, 0.25) is 0 Å². The molecule has 0 aliphatic carbocycles. The molecular formula is C28H30N2O3. The zero-order valence-electron chi connectivity index (χ0n) is 19.2. The monoisotopic (exact) mass is 442 g/mol. The largest absolute Gasteiger partial charge is 0.496 e. The van der Waals surface area contributed by atoms with Crippen LogP contribution in [0.1, 0.15) is 22.8 Å². The molecule has 5 nitrogen and oxygen atoms in total. The number of likely N-dealkylation sites (N-methyl/N-ethyl adjacent to an activating group) is 1. The molecule has 0 aromatic heterocycles. The highest BCUT2D eigenvalue weighted by atomic mass is 16.5. The fourth-order valence-electron chi connectivity index (χ4n) is 4.55. The Balaban J connectivity index is 1.66. The predicted molar refractivity (Wildman–Crippen MR) is 130 cm³/mol. The van der Waals surface area contributed by atoms with Gasteiger partial charge in [-0.1, -0.05) is 60.7 Å². The van der Waals surface area contributed by atoms with Crippen molar-refractivity contribution >= 4 is 11.8 Å². The lowest BCUT2D eigenvalue weighted by Crippen LogP contribution is -2.38. The average Bonchev–Trinajstić information content (AvgIpc) is 3.03. The summed E-state index contributed by atoms with van der Waals surface area (Å²) >= 11 is 0. The number of rotatable bonds is 6. The van der Waals surface area contributed by atoms with Crippen LogP contribution in [-0.4, -0.2) is 54.9 Å². The highest BCUT2D eigenvalue weighted by molar-refractivity contribution is 5.95. The number of methoxy groups -OCH3 is 1. The van der Waals surface area contributed by atoms with Gasteiger partial charge < -0.3 is 14.5 Å². The molecule has 4 rings (SSSR count). The molecule has 1 saturated heterocycles. The molecule has 0 N–H and O–H groups in total. The second-order valence-electron chi connectivity index (χ2n) is 8.29. The van der Waals surface area contributed by atoms with Gasteiger partial charge in [-0.3, -0.25) is 9.59 Å². The second-order valence-corrected chi connectivity index (χ2v) is 8.29. The molecular weight excluding hydrogens is 412 g/mol. The molecule has 1 atom stereocenters. The van der Waals surface area contributed by atoms with Gasteiger partial charge >= 0.3 is 0 Å². The van der Waals surface area contributed by atoms with Crippen molar-refractivity contribution in [2.45, 2.75) is 13.3 Å². The predicted octanol–water partition coefficient (Wildman–Crippen LogP) is 4.53. The van der Waals surface area contributed by atoms with Crippen LogP contribution in [0.3, 0.4) is 0 Å². The van der Waals surface area contributed by atoms with Crippen molar-refractivity contribution in [1.82, 2.24) is 9.80 Å². The third-order valence-corrected chi connectivity index (χ3v) is 6.31. The Labute approximate surface area is 195 Å². The number of hydrogen-bond donors (Lipinski definition) is 0. The number of benzene rings is 3. The molecule has 1 heterocycles. The Morgan fingerprint density at radius 3 is 2.30 bits per heavy atom. The van der Waals surface area contributed by atoms with Gasteiger partial charge in [-0.2, -0.15) is 0 Å². The van der Waals surface area contributed by atoms with Gasteiger partial charge in [0.2, 0.25) is 5.91 Å². The summed E-state index contributed by atoms with van der Waals surface area (Å²) < 4.78 is 5.59. The molecule has 0 bridgehead atoms. The summed E-state index contributed by atoms with van der Waals surface area (Å²) in [6.45, 7) is 4.13. The minimum atomic E-state index is -0.309. The SMILES string of the molecule is CCN1CCN(C(=O)c2ccccc2)C[C@@H](Cc2ccccc2-c2ccccc2OC)C1=O. The quantitative estimate of drug-likeness (QED) is 0.564. The summed E-state index contributed by atoms with van der Waals surface area (Å²) in [5.74, 6) is 0.573. The number of hydrogen-bond acceptors (Lipinski definition) is 3. The Kier molecular flexibility index (Phi) is 7.08. The molecule has 0 radical (unpaired) electrons. The number of ether oxygens (including phenoxy) is 1. The summed E-state index contributed by atoms with van der Waals surface area (Å²) in [4.78, 5) is 30.3. The maximum atomic E-state index is 13.4. The van der Waals surface area contributed by atoms with Gasteiger partial charge in [0.05, 0.1) is 13.0 Å². The molecule has 1 fully saturated rings. The maximum Gasteiger partial charge on any atom is 0.253 e. The lowest BCUT2D eigenvalue weighted by Gasteiger charge is -2.24. The van der Waals surface area contributed by atoms with Gasteiger partial charge in [-0.15, -0.1) is 0 Å². The first kappa shape index (κ1) is 22.6. The highest BCUT2D eigenvalue weighted by Crippen LogP contribution is 2.33. The first-order valence-electron chi connectivity index (χ1n) is 11.5. The van der Waals surface area contributed by atoms with E-state index in [0.717, 1.165) is 22.4 Å². The molecule has 33 heavy (non-hydrogen) atoms. The Hall–Kier alpha value is -3.60. The first-order chi connectivity index (χ1) is 16.1. The van der Waals surface area contributed by atoms with Crippen LogP contribution in [0.5, 0.6) is 5.75 Å². The van der Waals surface area contributed by atoms with Crippen LogP contribution >= 0.6 is 0 Å². The fraction of sp³-hybridized carbons (Fsp3) is 0.286. The molecule has 1 aliphatic rings. The van der Waals surface area contributed by atoms with Crippen molar-refractivity contribution in [3.63, 3.8) is 0 Å². The third kappa shape index (κ3) is 4.92. The fourth-order valence-corrected chi connectivity index (χ4v) is 4.55. The van der Waals surface area contributed by atoms with Gasteiger partial charge in [0.25, 0.3) is 5.91 Å². The second kappa shape index (κ2) is 10.3. The van der Waals surface area contributed by atoms with E-state index < -0.39 is 0 Å². The summed E-state index contributed by atoms with van der Waals surface area (Å²) in [5.41, 5.74) is 3.78. The lowest BCUT2D eigenvalue weighted by atomic mass is 9.91. The van der Waals surface area contributed by atoms with E-state index in [9.17, 15) is 9.59 Å². The number of para-hydroxylation sites is 1. The van der Waals surface area contributed by atoms with Crippen molar-refractivity contribution in [3.8, 4) is 16.9 Å². The van der Waals surface area contributed by atoms with Crippen LogP contribution in [-0.2, 0) is 11.2 Å². The molecule has 2 amide bonds. The average molecular weight is 443 g/mol. The summed E-state index contributed by atoms with van der Waals surface area (Å²) in [6, 6.07) is 25.4. The molecule has 0 saturated carbocycles. The van der Waals surface area contributed by atoms with Gasteiger partial charge in [0.1, 0.15) is 5.75 Å². The van der Waals surface area contributed by atoms with Crippen LogP contribution in [0, 0.1) is 5.92 Å². The van der Waals surface area contributed by atoms with E-state index in [0.29, 0.717) is 38.2 Å². The minimum absolute atomic E-state index is 0.0237. The highest BCUT2D eigenvalue weighted by Gasteiger charge is 2.32. The third-order valence-electron chi connectivity index (χ3n) is 6.31. The number of amides is 2. The Bertz CT molecular complexity index is 1110. The summed E-state index contributed by atoms with van der Waals surface area (Å²) in [5, 5.41) is 0. The van der Waals surface area contributed by atoms with Gasteiger partial charge in [0.15, 0.2) is 0 Å². The van der Waals surface area contributed by atoms with Crippen LogP contribution in [0.25, 0.3) is 11.1 Å². The van der Waals surface area contributed by atoms with Gasteiger partial charge in [0, 0.05) is 37.3 Å². The smallest absolute Gasteiger partial charge is 0.253 e. The molecule has 0 unspecified atom stereocenters. The van der Waals surface area contributed by atoms with Crippen LogP contribution in [0.4, 0.5) is 0 Å². The normalized spacial score (nSPS) is 16.4. The number of nitrogens with zero attached hydrogens (tertiary/aromatic N) is 2. The van der Waals surface area contributed by atoms with Gasteiger partial charge in [-0.25, -0.2) is 0 Å². The van der Waals surface area contributed by atoms with Crippen molar-refractivity contribution in [2.75, 3.05) is 33.3 Å². The van der Waals surface area contributed by atoms with Crippen molar-refractivity contribution in [1.29, 1.82) is 0 Å². The minimum Gasteiger partial charge on any atom is -0.496 e. The molecule has 3 aromatic rings. The molecule has 5 heteroatoms. The van der Waals surface area contributed by atoms with E-state index in [-0.39, 0.29) is 17.7 Å². The summed E-state index contributed by atoms with van der Waals surface area (Å²) in [6.07, 6.45) is 0.558. The van der Waals surface area contributed by atoms with E-state index in [1.54, 1.807) is 7.11 Å². The van der Waals surface area contributed by atoms with E-state index in [4.69, 9.17) is 4.74 Å². The van der Waals surface area contributed by atoms with Crippen molar-refractivity contribution < 1.29 is 14.3 Å². The number of carbonyl (C=O) groups excluding carboxylic acids is 2. The van der Waals surface area contributed by atoms with E-state index >= 15 is 0 Å². The molecule has 170 valence electrons. The maximum absolute atomic E-state index is 13.4. The van der Waals surface area contributed by atoms with Crippen LogP contribution in [0.15, 0.2) is 78.9 Å². The van der Waals surface area contributed by atoms with E-state index in [1.165, 1.54) is 0 Å². The molecule has 0 spiro atoms. The van der Waals surface area contributed by atoms with Crippen molar-refractivity contribution in [3.05, 3.63) is 90.0 Å². The molecule has 3 aromatic carbocycles. The first-order valence-corrected chi connectivity index (χ1v) is 11.5. The molecule has 1 aliphatic heterocycles. The van der Waals surface area contributed by atoms with Gasteiger partial charge in [-0.05, 0) is 42.7 Å². The van der Waals surface area contributed by atoms with Crippen molar-refractivity contribution in [2.24, 2.45) is 5.92 Å². The zero-order chi connectivity index (χ0) is 23.2. The van der Waals surface area contributed by atoms with Crippen LogP contribution < -0.4 is 4.74 Å².